The van der Waals surface area contributed by atoms with Crippen molar-refractivity contribution in [2.24, 2.45) is 0 Å². The molecule has 1 unspecified atom stereocenters. The molecule has 0 bridgehead atoms. The van der Waals surface area contributed by atoms with Gasteiger partial charge in [-0.1, -0.05) is 30.3 Å². The molecule has 404 valence electrons. The Balaban J connectivity index is 0.000000147. The van der Waals surface area contributed by atoms with Crippen LogP contribution in [0.25, 0.3) is 5.57 Å². The lowest BCUT2D eigenvalue weighted by molar-refractivity contribution is 0.00578. The van der Waals surface area contributed by atoms with Gasteiger partial charge in [0.15, 0.2) is 0 Å². The molecular formula is C56H78BIN10O7. The van der Waals surface area contributed by atoms with E-state index in [-0.39, 0.29) is 18.3 Å². The number of nitrogens with zero attached hydrogens (tertiary/aromatic N) is 5. The highest BCUT2D eigenvalue weighted by atomic mass is 127. The number of nitrogens with two attached hydrogens (primary N) is 5. The van der Waals surface area contributed by atoms with Crippen LogP contribution in [0.2, 0.25) is 0 Å². The Morgan fingerprint density at radius 1 is 0.467 bits per heavy atom. The van der Waals surface area contributed by atoms with E-state index in [9.17, 15) is 0 Å². The highest BCUT2D eigenvalue weighted by molar-refractivity contribution is 14.1. The van der Waals surface area contributed by atoms with Gasteiger partial charge in [-0.15, -0.1) is 0 Å². The number of anilines is 5. The second kappa shape index (κ2) is 30.2. The summed E-state index contributed by atoms with van der Waals surface area (Å²) in [6, 6.07) is 28.6. The summed E-state index contributed by atoms with van der Waals surface area (Å²) in [6.45, 7) is 14.9. The van der Waals surface area contributed by atoms with Gasteiger partial charge in [0.2, 0.25) is 0 Å². The third-order valence-electron chi connectivity index (χ3n) is 13.4. The van der Waals surface area contributed by atoms with E-state index < -0.39 is 0 Å². The van der Waals surface area contributed by atoms with Crippen LogP contribution in [0.4, 0.5) is 29.1 Å². The lowest BCUT2D eigenvalue weighted by Crippen LogP contribution is -2.41. The molecule has 5 aromatic heterocycles. The van der Waals surface area contributed by atoms with E-state index in [1.807, 2.05) is 78.9 Å². The molecule has 0 amide bonds. The van der Waals surface area contributed by atoms with E-state index in [1.165, 1.54) is 0 Å². The number of rotatable bonds is 5. The Kier molecular flexibility index (Phi) is 23.7. The van der Waals surface area contributed by atoms with Crippen molar-refractivity contribution >= 4 is 64.4 Å². The van der Waals surface area contributed by atoms with Gasteiger partial charge in [0, 0.05) is 60.2 Å². The van der Waals surface area contributed by atoms with E-state index in [1.54, 1.807) is 24.7 Å². The number of ether oxygens (including phenoxy) is 5. The molecule has 6 aliphatic heterocycles. The molecule has 19 heteroatoms. The van der Waals surface area contributed by atoms with Crippen molar-refractivity contribution in [1.82, 2.24) is 24.9 Å². The van der Waals surface area contributed by atoms with Crippen LogP contribution in [0.1, 0.15) is 132 Å². The number of aromatic nitrogens is 5. The quantitative estimate of drug-likeness (QED) is 0.0623. The van der Waals surface area contributed by atoms with Crippen LogP contribution in [-0.2, 0) is 33.0 Å². The molecule has 6 aliphatic rings. The van der Waals surface area contributed by atoms with Crippen molar-refractivity contribution in [2.75, 3.05) is 81.5 Å². The van der Waals surface area contributed by atoms with Gasteiger partial charge in [-0.05, 0) is 181 Å². The molecule has 10 N–H and O–H groups in total. The van der Waals surface area contributed by atoms with Gasteiger partial charge >= 0.3 is 7.12 Å². The summed E-state index contributed by atoms with van der Waals surface area (Å²) in [5.41, 5.74) is 33.7. The Morgan fingerprint density at radius 3 is 1.20 bits per heavy atom. The van der Waals surface area contributed by atoms with Crippen LogP contribution in [0.15, 0.2) is 109 Å². The number of halogens is 1. The molecule has 0 radical (unpaired) electrons. The molecule has 4 saturated heterocycles. The fourth-order valence-electron chi connectivity index (χ4n) is 8.57. The van der Waals surface area contributed by atoms with Crippen molar-refractivity contribution < 1.29 is 33.0 Å². The Hall–Kier alpha value is -5.58. The standard InChI is InChI=1S/C11H19BO3.3C10H14N2O.C10H12N2O.C5H5IN2/c1-10(2)11(3,4)15-12(14-10)9-6-5-7-13-8-9;4*11-10-5-1-4-9(12-10)8-3-2-6-13-7-8;6-4-2-1-3-5(7)8-4/h8H,5-7H2,1-4H3;3*1,4-5,8H,2-3,6-7H2,(H2,11,12);1,4-5,7H,2-3,6H2,(H2,11,12);1-3H,(H2,7,8)/t;2*8-;;;/m.10.../s1. The molecule has 75 heavy (non-hydrogen) atoms. The van der Waals surface area contributed by atoms with Gasteiger partial charge in [0.25, 0.3) is 0 Å². The van der Waals surface area contributed by atoms with Crippen LogP contribution in [0.5, 0.6) is 0 Å². The van der Waals surface area contributed by atoms with E-state index in [2.05, 4.69) is 75.2 Å². The topological polar surface area (TPSA) is 259 Å². The number of hydrogen-bond acceptors (Lipinski definition) is 17. The Labute approximate surface area is 457 Å². The molecule has 17 nitrogen and oxygen atoms in total. The SMILES string of the molecule is CC1(C)OB(C2=COCCC2)OC1(C)C.Nc1cccc(C2=COCCC2)n1.Nc1cccc(C2CCCOC2)n1.Nc1cccc(I)n1.Nc1cccc([C@@H]2CCCOC2)n1.Nc1cccc([C@H]2CCCOC2)n1. The predicted molar refractivity (Wildman–Crippen MR) is 307 cm³/mol. The van der Waals surface area contributed by atoms with Gasteiger partial charge in [-0.2, -0.15) is 0 Å². The third kappa shape index (κ3) is 19.8. The molecule has 5 aromatic rings. The van der Waals surface area contributed by atoms with Gasteiger partial charge < -0.3 is 61.7 Å². The predicted octanol–water partition coefficient (Wildman–Crippen LogP) is 10.1. The highest BCUT2D eigenvalue weighted by Gasteiger charge is 2.52. The zero-order valence-electron chi connectivity index (χ0n) is 44.2. The monoisotopic (exact) mass is 1140 g/mol. The maximum Gasteiger partial charge on any atom is 0.493 e. The fraction of sp³-hybridized carbons (Fsp3) is 0.482. The number of pyridine rings is 5. The zero-order chi connectivity index (χ0) is 53.5. The largest absolute Gasteiger partial charge is 0.502 e. The summed E-state index contributed by atoms with van der Waals surface area (Å²) < 4.78 is 39.5. The minimum atomic E-state index is -0.254. The van der Waals surface area contributed by atoms with Crippen molar-refractivity contribution in [1.29, 1.82) is 0 Å². The second-order valence-electron chi connectivity index (χ2n) is 19.9. The number of nitrogen functional groups attached to an aromatic ring is 5. The average molecular weight is 1140 g/mol. The molecule has 0 aromatic carbocycles. The third-order valence-corrected chi connectivity index (χ3v) is 14.0. The summed E-state index contributed by atoms with van der Waals surface area (Å²) in [6.07, 6.45) is 14.6. The maximum absolute atomic E-state index is 5.93. The summed E-state index contributed by atoms with van der Waals surface area (Å²) >= 11 is 2.11. The normalized spacial score (nSPS) is 21.4. The minimum Gasteiger partial charge on any atom is -0.502 e. The van der Waals surface area contributed by atoms with Crippen LogP contribution in [0.3, 0.4) is 0 Å². The molecule has 11 heterocycles. The second-order valence-corrected chi connectivity index (χ2v) is 21.0. The summed E-state index contributed by atoms with van der Waals surface area (Å²) in [7, 11) is -0.227. The highest BCUT2D eigenvalue weighted by Crippen LogP contribution is 2.39. The van der Waals surface area contributed by atoms with Gasteiger partial charge in [-0.25, -0.2) is 24.9 Å². The summed E-state index contributed by atoms with van der Waals surface area (Å²) in [4.78, 5) is 21.0. The molecule has 11 rings (SSSR count). The maximum atomic E-state index is 5.93. The van der Waals surface area contributed by atoms with Crippen molar-refractivity contribution in [2.45, 2.75) is 121 Å². The van der Waals surface area contributed by atoms with Crippen LogP contribution < -0.4 is 28.7 Å². The Morgan fingerprint density at radius 2 is 0.867 bits per heavy atom. The first-order valence-corrected chi connectivity index (χ1v) is 27.2. The number of allylic oxidation sites excluding steroid dienone is 2. The first-order chi connectivity index (χ1) is 36.2. The molecule has 0 aliphatic carbocycles. The Bertz CT molecular complexity index is 2380. The molecule has 4 fully saturated rings. The zero-order valence-corrected chi connectivity index (χ0v) is 46.4. The van der Waals surface area contributed by atoms with Gasteiger partial charge in [0.1, 0.15) is 32.8 Å². The van der Waals surface area contributed by atoms with Gasteiger partial charge in [-0.3, -0.25) is 0 Å². The van der Waals surface area contributed by atoms with Crippen LogP contribution in [0, 0.1) is 3.70 Å². The van der Waals surface area contributed by atoms with E-state index in [0.29, 0.717) is 46.8 Å². The molecular weight excluding hydrogens is 1060 g/mol. The first-order valence-electron chi connectivity index (χ1n) is 26.1. The number of hydrogen-bond donors (Lipinski definition) is 5. The lowest BCUT2D eigenvalue weighted by atomic mass is 9.76. The fourth-order valence-corrected chi connectivity index (χ4v) is 9.06. The van der Waals surface area contributed by atoms with E-state index >= 15 is 0 Å². The first kappa shape index (κ1) is 58.7. The van der Waals surface area contributed by atoms with Crippen molar-refractivity contribution in [3.05, 3.63) is 135 Å². The molecule has 0 saturated carbocycles. The summed E-state index contributed by atoms with van der Waals surface area (Å²) in [5.74, 6) is 4.27. The summed E-state index contributed by atoms with van der Waals surface area (Å²) in [5, 5.41) is 0. The van der Waals surface area contributed by atoms with E-state index in [0.717, 1.165) is 155 Å². The van der Waals surface area contributed by atoms with Crippen LogP contribution >= 0.6 is 22.6 Å². The average Bonchev–Trinajstić information content (AvgIpc) is 3.66. The molecule has 0 spiro atoms. The smallest absolute Gasteiger partial charge is 0.493 e. The molecule has 3 atom stereocenters. The lowest BCUT2D eigenvalue weighted by Gasteiger charge is -2.32. The van der Waals surface area contributed by atoms with Crippen molar-refractivity contribution in [3.63, 3.8) is 0 Å². The van der Waals surface area contributed by atoms with E-state index in [4.69, 9.17) is 61.7 Å². The van der Waals surface area contributed by atoms with Crippen molar-refractivity contribution in [3.8, 4) is 0 Å². The van der Waals surface area contributed by atoms with Crippen LogP contribution in [-0.4, -0.2) is 96.1 Å². The minimum absolute atomic E-state index is 0.227. The van der Waals surface area contributed by atoms with Gasteiger partial charge in [0.05, 0.1) is 62.5 Å².